The van der Waals surface area contributed by atoms with Crippen LogP contribution < -0.4 is 10.6 Å². The molecule has 0 spiro atoms. The molecule has 0 saturated heterocycles. The molecular weight excluding hydrogens is 299 g/mol. The fourth-order valence-electron chi connectivity index (χ4n) is 1.28. The summed E-state index contributed by atoms with van der Waals surface area (Å²) in [6.45, 7) is -0.837. The van der Waals surface area contributed by atoms with Gasteiger partial charge in [0.1, 0.15) is 0 Å². The highest BCUT2D eigenvalue weighted by Gasteiger charge is 2.63. The molecule has 0 aliphatic carbocycles. The topological polar surface area (TPSA) is 58.2 Å². The number of carbonyl (C=O) groups is 2. The molecule has 0 fully saturated rings. The third-order valence-electron chi connectivity index (χ3n) is 2.37. The maximum atomic E-state index is 12.6. The molecule has 1 rings (SSSR count). The van der Waals surface area contributed by atoms with Gasteiger partial charge in [0.15, 0.2) is 0 Å². The second-order valence-corrected chi connectivity index (χ2v) is 3.95. The molecule has 116 valence electrons. The quantitative estimate of drug-likeness (QED) is 0.643. The SMILES string of the molecule is O=C(NCCNC(=O)C(F)(F)C(F)(F)F)c1ccccc1. The van der Waals surface area contributed by atoms with Gasteiger partial charge in [-0.25, -0.2) is 0 Å². The van der Waals surface area contributed by atoms with Crippen molar-refractivity contribution in [3.05, 3.63) is 35.9 Å². The van der Waals surface area contributed by atoms with Crippen molar-refractivity contribution in [2.75, 3.05) is 13.1 Å². The summed E-state index contributed by atoms with van der Waals surface area (Å²) in [4.78, 5) is 22.2. The molecule has 0 radical (unpaired) electrons. The van der Waals surface area contributed by atoms with Gasteiger partial charge < -0.3 is 10.6 Å². The number of benzene rings is 1. The zero-order chi connectivity index (χ0) is 16.1. The largest absolute Gasteiger partial charge is 0.463 e. The summed E-state index contributed by atoms with van der Waals surface area (Å²) in [5.41, 5.74) is 0.296. The van der Waals surface area contributed by atoms with Crippen LogP contribution in [0.5, 0.6) is 0 Å². The summed E-state index contributed by atoms with van der Waals surface area (Å²) in [6, 6.07) is 7.86. The van der Waals surface area contributed by atoms with E-state index in [2.05, 4.69) is 5.32 Å². The first-order chi connectivity index (χ1) is 9.66. The molecular formula is C12H11F5N2O2. The number of nitrogens with one attached hydrogen (secondary N) is 2. The van der Waals surface area contributed by atoms with E-state index in [1.54, 1.807) is 18.2 Å². The number of carbonyl (C=O) groups excluding carboxylic acids is 2. The van der Waals surface area contributed by atoms with E-state index in [4.69, 9.17) is 0 Å². The van der Waals surface area contributed by atoms with Crippen molar-refractivity contribution in [1.82, 2.24) is 10.6 Å². The van der Waals surface area contributed by atoms with Crippen molar-refractivity contribution in [3.8, 4) is 0 Å². The van der Waals surface area contributed by atoms with E-state index < -0.39 is 30.5 Å². The molecule has 0 aliphatic heterocycles. The van der Waals surface area contributed by atoms with Crippen LogP contribution in [0.4, 0.5) is 22.0 Å². The van der Waals surface area contributed by atoms with Crippen molar-refractivity contribution < 1.29 is 31.5 Å². The van der Waals surface area contributed by atoms with E-state index in [-0.39, 0.29) is 6.54 Å². The molecule has 0 aliphatic rings. The minimum atomic E-state index is -5.95. The van der Waals surface area contributed by atoms with Gasteiger partial charge in [-0.1, -0.05) is 18.2 Å². The van der Waals surface area contributed by atoms with Crippen molar-refractivity contribution in [2.24, 2.45) is 0 Å². The maximum absolute atomic E-state index is 12.6. The summed E-state index contributed by atoms with van der Waals surface area (Å²) in [7, 11) is 0. The van der Waals surface area contributed by atoms with Crippen LogP contribution >= 0.6 is 0 Å². The number of amides is 2. The summed E-state index contributed by atoms with van der Waals surface area (Å²) in [5, 5.41) is 3.68. The van der Waals surface area contributed by atoms with Crippen LogP contribution in [0.2, 0.25) is 0 Å². The minimum Gasteiger partial charge on any atom is -0.350 e. The van der Waals surface area contributed by atoms with Gasteiger partial charge in [0.05, 0.1) is 0 Å². The molecule has 21 heavy (non-hydrogen) atoms. The fraction of sp³-hybridized carbons (Fsp3) is 0.333. The molecule has 0 atom stereocenters. The summed E-state index contributed by atoms with van der Waals surface area (Å²) >= 11 is 0. The van der Waals surface area contributed by atoms with Gasteiger partial charge in [-0.2, -0.15) is 22.0 Å². The third-order valence-corrected chi connectivity index (χ3v) is 2.37. The van der Waals surface area contributed by atoms with Crippen molar-refractivity contribution in [3.63, 3.8) is 0 Å². The highest BCUT2D eigenvalue weighted by molar-refractivity contribution is 5.94. The standard InChI is InChI=1S/C12H11F5N2O2/c13-11(14,12(15,16)17)10(21)19-7-6-18-9(20)8-4-2-1-3-5-8/h1-5H,6-7H2,(H,18,20)(H,19,21). The second kappa shape index (κ2) is 6.51. The average Bonchev–Trinajstić information content (AvgIpc) is 2.42. The van der Waals surface area contributed by atoms with Crippen LogP contribution in [0, 0.1) is 0 Å². The Bertz CT molecular complexity index is 502. The van der Waals surface area contributed by atoms with Crippen molar-refractivity contribution >= 4 is 11.8 Å². The molecule has 4 nitrogen and oxygen atoms in total. The van der Waals surface area contributed by atoms with E-state index in [1.165, 1.54) is 17.4 Å². The van der Waals surface area contributed by atoms with Crippen LogP contribution in [0.25, 0.3) is 0 Å². The Labute approximate surface area is 116 Å². The zero-order valence-electron chi connectivity index (χ0n) is 10.5. The van der Waals surface area contributed by atoms with Gasteiger partial charge in [-0.3, -0.25) is 9.59 Å². The van der Waals surface area contributed by atoms with Crippen LogP contribution in [0.3, 0.4) is 0 Å². The predicted molar refractivity (Wildman–Crippen MR) is 62.8 cm³/mol. The molecule has 9 heteroatoms. The highest BCUT2D eigenvalue weighted by Crippen LogP contribution is 2.35. The summed E-state index contributed by atoms with van der Waals surface area (Å²) < 4.78 is 60.7. The van der Waals surface area contributed by atoms with Gasteiger partial charge in [0.2, 0.25) is 0 Å². The van der Waals surface area contributed by atoms with Crippen LogP contribution in [-0.2, 0) is 4.79 Å². The average molecular weight is 310 g/mol. The molecule has 0 unspecified atom stereocenters. The maximum Gasteiger partial charge on any atom is 0.463 e. The smallest absolute Gasteiger partial charge is 0.350 e. The molecule has 2 amide bonds. The predicted octanol–water partition coefficient (Wildman–Crippen LogP) is 1.73. The number of alkyl halides is 5. The number of hydrogen-bond acceptors (Lipinski definition) is 2. The van der Waals surface area contributed by atoms with Gasteiger partial charge in [0.25, 0.3) is 11.8 Å². The first-order valence-corrected chi connectivity index (χ1v) is 5.72. The molecule has 1 aromatic rings. The molecule has 1 aromatic carbocycles. The summed E-state index contributed by atoms with van der Waals surface area (Å²) in [6.07, 6.45) is -5.95. The van der Waals surface area contributed by atoms with Crippen LogP contribution in [-0.4, -0.2) is 37.0 Å². The third kappa shape index (κ3) is 4.40. The lowest BCUT2D eigenvalue weighted by Crippen LogP contribution is -2.51. The Hall–Kier alpha value is -2.19. The number of halogens is 5. The van der Waals surface area contributed by atoms with Gasteiger partial charge in [-0.15, -0.1) is 0 Å². The first kappa shape index (κ1) is 16.9. The molecule has 0 bridgehead atoms. The normalized spacial score (nSPS) is 11.9. The Morgan fingerprint density at radius 3 is 1.95 bits per heavy atom. The highest BCUT2D eigenvalue weighted by atomic mass is 19.4. The van der Waals surface area contributed by atoms with E-state index >= 15 is 0 Å². The van der Waals surface area contributed by atoms with Crippen LogP contribution in [0.1, 0.15) is 10.4 Å². The Balaban J connectivity index is 2.38. The first-order valence-electron chi connectivity index (χ1n) is 5.72. The minimum absolute atomic E-state index is 0.284. The van der Waals surface area contributed by atoms with Gasteiger partial charge >= 0.3 is 12.1 Å². The van der Waals surface area contributed by atoms with Crippen molar-refractivity contribution in [2.45, 2.75) is 12.1 Å². The Morgan fingerprint density at radius 2 is 1.43 bits per heavy atom. The second-order valence-electron chi connectivity index (χ2n) is 3.95. The summed E-state index contributed by atoms with van der Waals surface area (Å²) in [5.74, 6) is -8.45. The number of hydrogen-bond donors (Lipinski definition) is 2. The number of rotatable bonds is 5. The lowest BCUT2D eigenvalue weighted by molar-refractivity contribution is -0.269. The van der Waals surface area contributed by atoms with E-state index in [0.29, 0.717) is 5.56 Å². The van der Waals surface area contributed by atoms with E-state index in [9.17, 15) is 31.5 Å². The van der Waals surface area contributed by atoms with Crippen molar-refractivity contribution in [1.29, 1.82) is 0 Å². The monoisotopic (exact) mass is 310 g/mol. The fourth-order valence-corrected chi connectivity index (χ4v) is 1.28. The van der Waals surface area contributed by atoms with Gasteiger partial charge in [-0.05, 0) is 12.1 Å². The lowest BCUT2D eigenvalue weighted by Gasteiger charge is -2.18. The molecule has 0 saturated carbocycles. The molecule has 0 heterocycles. The van der Waals surface area contributed by atoms with E-state index in [0.717, 1.165) is 0 Å². The zero-order valence-corrected chi connectivity index (χ0v) is 10.5. The Kier molecular flexibility index (Phi) is 5.23. The van der Waals surface area contributed by atoms with Gasteiger partial charge in [0, 0.05) is 18.7 Å². The van der Waals surface area contributed by atoms with E-state index in [1.807, 2.05) is 0 Å². The lowest BCUT2D eigenvalue weighted by atomic mass is 10.2. The van der Waals surface area contributed by atoms with Crippen LogP contribution in [0.15, 0.2) is 30.3 Å². The molecule has 2 N–H and O–H groups in total. The molecule has 0 aromatic heterocycles. The Morgan fingerprint density at radius 1 is 0.905 bits per heavy atom.